The molecule has 0 bridgehead atoms. The Morgan fingerprint density at radius 2 is 1.86 bits per heavy atom. The minimum Gasteiger partial charge on any atom is -0.288 e. The number of hydrogen-bond acceptors (Lipinski definition) is 5. The molecule has 0 saturated carbocycles. The summed E-state index contributed by atoms with van der Waals surface area (Å²) < 4.78 is 0. The van der Waals surface area contributed by atoms with Crippen molar-refractivity contribution in [1.82, 2.24) is 15.9 Å². The average molecular weight is 284 g/mol. The molecule has 2 amide bonds. The number of carbonyl (C=O) groups excluding carboxylic acids is 2. The summed E-state index contributed by atoms with van der Waals surface area (Å²) in [6.07, 6.45) is 3.02. The van der Waals surface area contributed by atoms with Crippen molar-refractivity contribution in [3.05, 3.63) is 65.5 Å². The van der Waals surface area contributed by atoms with E-state index >= 15 is 0 Å². The first-order valence-corrected chi connectivity index (χ1v) is 5.99. The fraction of sp³-hybridized carbons (Fsp3) is 0. The molecule has 1 aromatic heterocycles. The van der Waals surface area contributed by atoms with Crippen molar-refractivity contribution in [2.45, 2.75) is 0 Å². The first-order chi connectivity index (χ1) is 10.2. The third kappa shape index (κ3) is 3.95. The number of benzene rings is 1. The lowest BCUT2D eigenvalue weighted by Crippen LogP contribution is -2.21. The van der Waals surface area contributed by atoms with Crippen LogP contribution in [0, 0.1) is 0 Å². The van der Waals surface area contributed by atoms with Crippen LogP contribution in [0.4, 0.5) is 0 Å². The minimum atomic E-state index is -0.693. The normalized spacial score (nSPS) is 10.3. The highest BCUT2D eigenvalue weighted by Gasteiger charge is 2.09. The van der Waals surface area contributed by atoms with E-state index in [4.69, 9.17) is 5.21 Å². The molecule has 1 aromatic carbocycles. The summed E-state index contributed by atoms with van der Waals surface area (Å²) in [6.45, 7) is 0. The van der Waals surface area contributed by atoms with Crippen molar-refractivity contribution in [3.63, 3.8) is 0 Å². The highest BCUT2D eigenvalue weighted by atomic mass is 16.5. The highest BCUT2D eigenvalue weighted by molar-refractivity contribution is 5.99. The van der Waals surface area contributed by atoms with Crippen LogP contribution >= 0.6 is 0 Å². The summed E-state index contributed by atoms with van der Waals surface area (Å²) in [5.41, 5.74) is 4.84. The molecule has 0 unspecified atom stereocenters. The Balaban J connectivity index is 2.04. The zero-order valence-electron chi connectivity index (χ0n) is 10.9. The Morgan fingerprint density at radius 1 is 1.10 bits per heavy atom. The lowest BCUT2D eigenvalue weighted by molar-refractivity contribution is 0.0706. The quantitative estimate of drug-likeness (QED) is 0.442. The molecule has 0 saturated heterocycles. The largest absolute Gasteiger partial charge is 0.288 e. The van der Waals surface area contributed by atoms with Crippen LogP contribution in [-0.4, -0.2) is 28.2 Å². The monoisotopic (exact) mass is 284 g/mol. The molecule has 21 heavy (non-hydrogen) atoms. The molecule has 106 valence electrons. The van der Waals surface area contributed by atoms with Gasteiger partial charge in [0.05, 0.1) is 11.9 Å². The van der Waals surface area contributed by atoms with Crippen molar-refractivity contribution in [2.24, 2.45) is 5.10 Å². The van der Waals surface area contributed by atoms with E-state index in [1.54, 1.807) is 24.4 Å². The van der Waals surface area contributed by atoms with E-state index in [1.165, 1.54) is 36.0 Å². The van der Waals surface area contributed by atoms with Crippen molar-refractivity contribution in [3.8, 4) is 0 Å². The molecule has 0 aliphatic heterocycles. The van der Waals surface area contributed by atoms with Gasteiger partial charge >= 0.3 is 0 Å². The maximum atomic E-state index is 11.9. The highest BCUT2D eigenvalue weighted by Crippen LogP contribution is 2.05. The Morgan fingerprint density at radius 3 is 2.52 bits per heavy atom. The van der Waals surface area contributed by atoms with Gasteiger partial charge in [0.15, 0.2) is 0 Å². The van der Waals surface area contributed by atoms with Crippen molar-refractivity contribution in [1.29, 1.82) is 0 Å². The number of nitrogens with zero attached hydrogens (tertiary/aromatic N) is 2. The van der Waals surface area contributed by atoms with Gasteiger partial charge in [-0.15, -0.1) is 0 Å². The van der Waals surface area contributed by atoms with E-state index in [9.17, 15) is 9.59 Å². The van der Waals surface area contributed by atoms with Gasteiger partial charge in [-0.3, -0.25) is 19.8 Å². The number of rotatable bonds is 4. The second kappa shape index (κ2) is 6.92. The molecule has 0 aliphatic rings. The van der Waals surface area contributed by atoms with Gasteiger partial charge in [0.1, 0.15) is 0 Å². The SMILES string of the molecule is O=C(NO)c1cccc(C(=O)N/N=C/c2ccccn2)c1. The Kier molecular flexibility index (Phi) is 4.73. The van der Waals surface area contributed by atoms with E-state index in [2.05, 4.69) is 15.5 Å². The van der Waals surface area contributed by atoms with Gasteiger partial charge in [-0.2, -0.15) is 5.10 Å². The van der Waals surface area contributed by atoms with Crippen molar-refractivity contribution in [2.75, 3.05) is 0 Å². The molecule has 0 aliphatic carbocycles. The maximum Gasteiger partial charge on any atom is 0.274 e. The minimum absolute atomic E-state index is 0.166. The summed E-state index contributed by atoms with van der Waals surface area (Å²) in [7, 11) is 0. The van der Waals surface area contributed by atoms with E-state index in [-0.39, 0.29) is 11.1 Å². The van der Waals surface area contributed by atoms with Crippen LogP contribution in [0.1, 0.15) is 26.4 Å². The van der Waals surface area contributed by atoms with E-state index < -0.39 is 11.8 Å². The Labute approximate surface area is 120 Å². The molecular weight excluding hydrogens is 272 g/mol. The van der Waals surface area contributed by atoms with Gasteiger partial charge in [-0.1, -0.05) is 12.1 Å². The second-order valence-electron chi connectivity index (χ2n) is 3.98. The maximum absolute atomic E-state index is 11.9. The van der Waals surface area contributed by atoms with Gasteiger partial charge < -0.3 is 0 Å². The van der Waals surface area contributed by atoms with E-state index in [0.717, 1.165) is 0 Å². The van der Waals surface area contributed by atoms with Crippen molar-refractivity contribution >= 4 is 18.0 Å². The fourth-order valence-corrected chi connectivity index (χ4v) is 1.54. The first-order valence-electron chi connectivity index (χ1n) is 5.99. The van der Waals surface area contributed by atoms with Crippen LogP contribution in [0.2, 0.25) is 0 Å². The molecule has 0 fully saturated rings. The average Bonchev–Trinajstić information content (AvgIpc) is 2.55. The molecular formula is C14H12N4O3. The number of hydroxylamine groups is 1. The lowest BCUT2D eigenvalue weighted by Gasteiger charge is -2.02. The van der Waals surface area contributed by atoms with Crippen LogP contribution in [0.3, 0.4) is 0 Å². The molecule has 2 rings (SSSR count). The molecule has 0 spiro atoms. The standard InChI is InChI=1S/C14H12N4O3/c19-13(17-16-9-12-6-1-2-7-15-12)10-4-3-5-11(8-10)14(20)18-21/h1-9,21H,(H,17,19)(H,18,20)/b16-9+. The molecule has 0 atom stereocenters. The van der Waals surface area contributed by atoms with Crippen LogP contribution in [0.15, 0.2) is 53.8 Å². The molecule has 7 nitrogen and oxygen atoms in total. The fourth-order valence-electron chi connectivity index (χ4n) is 1.54. The number of hydrazone groups is 1. The number of hydrogen-bond donors (Lipinski definition) is 3. The molecule has 1 heterocycles. The second-order valence-corrected chi connectivity index (χ2v) is 3.98. The third-order valence-corrected chi connectivity index (χ3v) is 2.54. The van der Waals surface area contributed by atoms with Crippen LogP contribution in [-0.2, 0) is 0 Å². The third-order valence-electron chi connectivity index (χ3n) is 2.54. The topological polar surface area (TPSA) is 104 Å². The first kappa shape index (κ1) is 14.4. The molecule has 3 N–H and O–H groups in total. The molecule has 7 heteroatoms. The summed E-state index contributed by atoms with van der Waals surface area (Å²) in [4.78, 5) is 27.1. The van der Waals surface area contributed by atoms with Gasteiger partial charge in [-0.25, -0.2) is 10.9 Å². The van der Waals surface area contributed by atoms with Gasteiger partial charge in [0.2, 0.25) is 0 Å². The smallest absolute Gasteiger partial charge is 0.274 e. The summed E-state index contributed by atoms with van der Waals surface area (Å²) in [5, 5.41) is 12.3. The summed E-state index contributed by atoms with van der Waals surface area (Å²) in [5.74, 6) is -1.17. The van der Waals surface area contributed by atoms with Crippen LogP contribution in [0.5, 0.6) is 0 Å². The number of nitrogens with one attached hydrogen (secondary N) is 2. The predicted molar refractivity (Wildman–Crippen MR) is 75.0 cm³/mol. The van der Waals surface area contributed by atoms with E-state index in [1.807, 2.05) is 0 Å². The number of carbonyl (C=O) groups is 2. The Hall–Kier alpha value is -3.06. The van der Waals surface area contributed by atoms with Crippen LogP contribution in [0.25, 0.3) is 0 Å². The molecule has 0 radical (unpaired) electrons. The molecule has 2 aromatic rings. The summed E-state index contributed by atoms with van der Waals surface area (Å²) in [6, 6.07) is 11.2. The van der Waals surface area contributed by atoms with Gasteiger partial charge in [0.25, 0.3) is 11.8 Å². The number of aromatic nitrogens is 1. The van der Waals surface area contributed by atoms with Crippen molar-refractivity contribution < 1.29 is 14.8 Å². The predicted octanol–water partition coefficient (Wildman–Crippen LogP) is 0.965. The lowest BCUT2D eigenvalue weighted by atomic mass is 10.1. The zero-order chi connectivity index (χ0) is 15.1. The van der Waals surface area contributed by atoms with Gasteiger partial charge in [0, 0.05) is 17.3 Å². The van der Waals surface area contributed by atoms with E-state index in [0.29, 0.717) is 5.69 Å². The summed E-state index contributed by atoms with van der Waals surface area (Å²) >= 11 is 0. The zero-order valence-corrected chi connectivity index (χ0v) is 10.9. The number of pyridine rings is 1. The van der Waals surface area contributed by atoms with Crippen LogP contribution < -0.4 is 10.9 Å². The van der Waals surface area contributed by atoms with Gasteiger partial charge in [-0.05, 0) is 30.3 Å². The Bertz CT molecular complexity index is 671. The number of amides is 2.